The van der Waals surface area contributed by atoms with Gasteiger partial charge in [0, 0.05) is 45.1 Å². The molecule has 0 aliphatic carbocycles. The van der Waals surface area contributed by atoms with Gasteiger partial charge in [0.25, 0.3) is 0 Å². The maximum absolute atomic E-state index is 12.9. The van der Waals surface area contributed by atoms with Crippen molar-refractivity contribution in [3.05, 3.63) is 0 Å². The van der Waals surface area contributed by atoms with Crippen LogP contribution in [0.5, 0.6) is 0 Å². The van der Waals surface area contributed by atoms with Crippen molar-refractivity contribution in [1.29, 1.82) is 0 Å². The largest absolute Gasteiger partial charge is 0.463 e. The van der Waals surface area contributed by atoms with Crippen molar-refractivity contribution in [2.45, 2.75) is 43.6 Å². The van der Waals surface area contributed by atoms with Gasteiger partial charge < -0.3 is 14.2 Å². The van der Waals surface area contributed by atoms with Crippen LogP contribution in [0, 0.1) is 0 Å². The zero-order valence-electron chi connectivity index (χ0n) is 15.0. The Labute approximate surface area is 176 Å². The van der Waals surface area contributed by atoms with Crippen molar-refractivity contribution < 1.29 is 32.9 Å². The number of hydrogen-bond donors (Lipinski definition) is 2. The molecule has 0 aromatic heterocycles. The van der Waals surface area contributed by atoms with E-state index in [1.54, 1.807) is 0 Å². The average molecular weight is 514 g/mol. The van der Waals surface area contributed by atoms with Crippen molar-refractivity contribution in [3.63, 3.8) is 0 Å². The summed E-state index contributed by atoms with van der Waals surface area (Å²) >= 11 is 14.7. The molecule has 9 nitrogen and oxygen atoms in total. The predicted molar refractivity (Wildman–Crippen MR) is 104 cm³/mol. The lowest BCUT2D eigenvalue weighted by molar-refractivity contribution is -0.210. The molecule has 0 amide bonds. The lowest BCUT2D eigenvalue weighted by Gasteiger charge is -2.39. The molecule has 0 saturated carbocycles. The molecule has 0 bridgehead atoms. The minimum Gasteiger partial charge on any atom is -0.463 e. The summed E-state index contributed by atoms with van der Waals surface area (Å²) in [5.41, 5.74) is 0. The van der Waals surface area contributed by atoms with Gasteiger partial charge >= 0.3 is 19.6 Å². The fourth-order valence-corrected chi connectivity index (χ4v) is 5.04. The summed E-state index contributed by atoms with van der Waals surface area (Å²) in [7, 11) is -3.49. The number of alkyl halides is 3. The van der Waals surface area contributed by atoms with Crippen LogP contribution in [-0.2, 0) is 32.9 Å². The van der Waals surface area contributed by atoms with E-state index in [9.17, 15) is 14.2 Å². The van der Waals surface area contributed by atoms with Crippen LogP contribution in [0.25, 0.3) is 0 Å². The predicted octanol–water partition coefficient (Wildman–Crippen LogP) is 2.14. The molecule has 0 aromatic carbocycles. The van der Waals surface area contributed by atoms with Crippen molar-refractivity contribution in [2.24, 2.45) is 0 Å². The number of rotatable bonds is 11. The number of halogens is 3. The number of ether oxygens (including phenoxy) is 3. The number of esters is 2. The molecule has 158 valence electrons. The SMILES string of the molecule is CC(=O)OC[C@H]1O[C@H](OP(=O)(NCCCl)NCCCl)C[C@@H](Br)[C@@H]1OC(C)=O. The Bertz CT molecular complexity index is 534. The molecule has 0 unspecified atom stereocenters. The molecule has 1 rings (SSSR count). The lowest BCUT2D eigenvalue weighted by Crippen LogP contribution is -2.51. The molecule has 1 heterocycles. The normalized spacial score (nSPS) is 25.8. The molecule has 1 saturated heterocycles. The van der Waals surface area contributed by atoms with Gasteiger partial charge in [-0.15, -0.1) is 23.2 Å². The van der Waals surface area contributed by atoms with Gasteiger partial charge in [0.15, 0.2) is 6.29 Å². The summed E-state index contributed by atoms with van der Waals surface area (Å²) in [6, 6.07) is 0. The Hall–Kier alpha value is 0.0700. The van der Waals surface area contributed by atoms with Gasteiger partial charge in [0.2, 0.25) is 0 Å². The first kappa shape index (κ1) is 25.1. The van der Waals surface area contributed by atoms with Crippen LogP contribution in [0.2, 0.25) is 0 Å². The molecule has 0 spiro atoms. The molecule has 2 N–H and O–H groups in total. The summed E-state index contributed by atoms with van der Waals surface area (Å²) in [6.07, 6.45) is -2.18. The quantitative estimate of drug-likeness (QED) is 0.244. The third kappa shape index (κ3) is 9.41. The highest BCUT2D eigenvalue weighted by molar-refractivity contribution is 9.09. The molecular weight excluding hydrogens is 490 g/mol. The highest BCUT2D eigenvalue weighted by Crippen LogP contribution is 2.42. The molecular formula is C14H24BrCl2N2O7P. The van der Waals surface area contributed by atoms with E-state index in [-0.39, 0.29) is 42.7 Å². The smallest absolute Gasteiger partial charge is 0.343 e. The third-order valence-corrected chi connectivity index (χ3v) is 6.40. The second-order valence-electron chi connectivity index (χ2n) is 5.58. The molecule has 0 radical (unpaired) electrons. The minimum absolute atomic E-state index is 0.149. The summed E-state index contributed by atoms with van der Waals surface area (Å²) in [6.45, 7) is 2.86. The van der Waals surface area contributed by atoms with Gasteiger partial charge in [-0.2, -0.15) is 0 Å². The Kier molecular flexibility index (Phi) is 11.7. The van der Waals surface area contributed by atoms with Gasteiger partial charge in [-0.05, 0) is 0 Å². The second-order valence-corrected chi connectivity index (χ2v) is 9.46. The lowest BCUT2D eigenvalue weighted by atomic mass is 10.0. The molecule has 27 heavy (non-hydrogen) atoms. The van der Waals surface area contributed by atoms with Gasteiger partial charge in [0.05, 0.1) is 4.83 Å². The van der Waals surface area contributed by atoms with E-state index in [1.807, 2.05) is 0 Å². The van der Waals surface area contributed by atoms with Crippen molar-refractivity contribution in [2.75, 3.05) is 31.5 Å². The Balaban J connectivity index is 2.86. The van der Waals surface area contributed by atoms with E-state index in [1.165, 1.54) is 13.8 Å². The first-order valence-corrected chi connectivity index (χ1v) is 11.8. The topological polar surface area (TPSA) is 112 Å². The highest BCUT2D eigenvalue weighted by atomic mass is 79.9. The molecule has 13 heteroatoms. The first-order valence-electron chi connectivity index (χ1n) is 8.21. The van der Waals surface area contributed by atoms with Crippen molar-refractivity contribution in [3.8, 4) is 0 Å². The fourth-order valence-electron chi connectivity index (χ4n) is 2.30. The van der Waals surface area contributed by atoms with E-state index >= 15 is 0 Å². The maximum Gasteiger partial charge on any atom is 0.343 e. The van der Waals surface area contributed by atoms with Crippen LogP contribution in [0.4, 0.5) is 0 Å². The first-order chi connectivity index (χ1) is 12.7. The zero-order chi connectivity index (χ0) is 20.4. The van der Waals surface area contributed by atoms with E-state index in [2.05, 4.69) is 26.1 Å². The van der Waals surface area contributed by atoms with E-state index < -0.39 is 38.1 Å². The monoisotopic (exact) mass is 512 g/mol. The Morgan fingerprint density at radius 1 is 1.19 bits per heavy atom. The van der Waals surface area contributed by atoms with Crippen molar-refractivity contribution >= 4 is 58.7 Å². The number of carbonyl (C=O) groups is 2. The number of nitrogens with one attached hydrogen (secondary N) is 2. The Morgan fingerprint density at radius 2 is 1.78 bits per heavy atom. The third-order valence-electron chi connectivity index (χ3n) is 3.31. The Morgan fingerprint density at radius 3 is 2.26 bits per heavy atom. The van der Waals surface area contributed by atoms with Crippen LogP contribution in [0.1, 0.15) is 20.3 Å². The van der Waals surface area contributed by atoms with E-state index in [0.29, 0.717) is 0 Å². The van der Waals surface area contributed by atoms with Gasteiger partial charge in [-0.25, -0.2) is 10.2 Å². The van der Waals surface area contributed by atoms with Crippen molar-refractivity contribution in [1.82, 2.24) is 10.2 Å². The fraction of sp³-hybridized carbons (Fsp3) is 0.857. The van der Waals surface area contributed by atoms with Crippen LogP contribution >= 0.6 is 46.8 Å². The van der Waals surface area contributed by atoms with E-state index in [0.717, 1.165) is 0 Å². The van der Waals surface area contributed by atoms with Gasteiger partial charge in [0.1, 0.15) is 18.8 Å². The summed E-state index contributed by atoms with van der Waals surface area (Å²) in [5, 5.41) is 5.43. The van der Waals surface area contributed by atoms with E-state index in [4.69, 9.17) is 41.9 Å². The summed E-state index contributed by atoms with van der Waals surface area (Å²) < 4.78 is 34.5. The zero-order valence-corrected chi connectivity index (χ0v) is 19.0. The van der Waals surface area contributed by atoms with Gasteiger partial charge in [-0.1, -0.05) is 15.9 Å². The number of hydrogen-bond acceptors (Lipinski definition) is 7. The minimum atomic E-state index is -3.49. The van der Waals surface area contributed by atoms with Crippen LogP contribution < -0.4 is 10.2 Å². The molecule has 1 aliphatic rings. The molecule has 1 fully saturated rings. The average Bonchev–Trinajstić information content (AvgIpc) is 2.58. The summed E-state index contributed by atoms with van der Waals surface area (Å²) in [5.74, 6) is -0.552. The second kappa shape index (κ2) is 12.6. The summed E-state index contributed by atoms with van der Waals surface area (Å²) in [4.78, 5) is 22.1. The number of carbonyl (C=O) groups excluding carboxylic acids is 2. The molecule has 4 atom stereocenters. The molecule has 1 aliphatic heterocycles. The van der Waals surface area contributed by atoms with Crippen LogP contribution in [-0.4, -0.2) is 66.7 Å². The standard InChI is InChI=1S/C14H24BrCl2N2O7P/c1-9(20)23-8-12-14(24-10(2)21)11(15)7-13(25-12)26-27(22,18-5-3-16)19-6-4-17/h11-14H,3-8H2,1-2H3,(H2,18,19,22)/t11-,12-,13-,14+/m1/s1. The maximum atomic E-state index is 12.9. The highest BCUT2D eigenvalue weighted by Gasteiger charge is 2.43. The van der Waals surface area contributed by atoms with Gasteiger partial charge in [-0.3, -0.25) is 18.7 Å². The molecule has 0 aromatic rings. The van der Waals surface area contributed by atoms with Crippen LogP contribution in [0.15, 0.2) is 0 Å². The van der Waals surface area contributed by atoms with Crippen LogP contribution in [0.3, 0.4) is 0 Å².